The predicted octanol–water partition coefficient (Wildman–Crippen LogP) is 5.20. The maximum Gasteiger partial charge on any atom is 0.264 e. The fourth-order valence-electron chi connectivity index (χ4n) is 5.20. The Morgan fingerprint density at radius 1 is 0.830 bits per heavy atom. The maximum absolute atomic E-state index is 14.5. The number of benzene rings is 4. The van der Waals surface area contributed by atoms with Gasteiger partial charge in [0.25, 0.3) is 10.0 Å². The first-order valence-corrected chi connectivity index (χ1v) is 16.9. The molecule has 0 aliphatic carbocycles. The first-order chi connectivity index (χ1) is 22.6. The molecule has 4 aromatic carbocycles. The van der Waals surface area contributed by atoms with E-state index in [0.29, 0.717) is 18.9 Å². The van der Waals surface area contributed by atoms with Gasteiger partial charge in [-0.25, -0.2) is 12.8 Å². The molecule has 0 fully saturated rings. The molecule has 1 N–H and O–H groups in total. The first kappa shape index (κ1) is 33.5. The Balaban J connectivity index is 1.55. The highest BCUT2D eigenvalue weighted by molar-refractivity contribution is 7.92. The summed E-state index contributed by atoms with van der Waals surface area (Å²) < 4.78 is 54.7. The average Bonchev–Trinajstić information content (AvgIpc) is 3.08. The number of carbonyl (C=O) groups excluding carboxylic acids is 2. The van der Waals surface area contributed by atoms with Crippen molar-refractivity contribution in [2.24, 2.45) is 5.92 Å². The third kappa shape index (κ3) is 8.48. The van der Waals surface area contributed by atoms with E-state index in [1.165, 1.54) is 35.2 Å². The minimum absolute atomic E-state index is 0.0492. The van der Waals surface area contributed by atoms with Gasteiger partial charge in [0.15, 0.2) is 11.5 Å². The molecule has 2 amide bonds. The molecule has 47 heavy (non-hydrogen) atoms. The third-order valence-corrected chi connectivity index (χ3v) is 9.42. The lowest BCUT2D eigenvalue weighted by molar-refractivity contribution is -0.140. The second-order valence-corrected chi connectivity index (χ2v) is 13.5. The number of sulfonamides is 1. The van der Waals surface area contributed by atoms with E-state index in [1.807, 2.05) is 74.5 Å². The number of hydrogen-bond acceptors (Lipinski definition) is 6. The summed E-state index contributed by atoms with van der Waals surface area (Å²) in [5.41, 5.74) is 1.68. The van der Waals surface area contributed by atoms with Gasteiger partial charge in [-0.05, 0) is 53.4 Å². The molecule has 0 saturated carbocycles. The summed E-state index contributed by atoms with van der Waals surface area (Å²) in [5, 5.41) is 2.97. The van der Waals surface area contributed by atoms with Crippen molar-refractivity contribution in [1.82, 2.24) is 10.2 Å². The summed E-state index contributed by atoms with van der Waals surface area (Å²) >= 11 is 0. The van der Waals surface area contributed by atoms with E-state index in [0.717, 1.165) is 27.6 Å². The Bertz CT molecular complexity index is 1770. The van der Waals surface area contributed by atoms with Gasteiger partial charge in [-0.2, -0.15) is 0 Å². The minimum atomic E-state index is -4.40. The Labute approximate surface area is 275 Å². The van der Waals surface area contributed by atoms with Gasteiger partial charge in [0.2, 0.25) is 11.8 Å². The van der Waals surface area contributed by atoms with Crippen LogP contribution in [0.4, 0.5) is 10.1 Å². The van der Waals surface area contributed by atoms with Gasteiger partial charge >= 0.3 is 0 Å². The second-order valence-electron chi connectivity index (χ2n) is 11.6. The van der Waals surface area contributed by atoms with Crippen molar-refractivity contribution in [3.8, 4) is 11.5 Å². The summed E-state index contributed by atoms with van der Waals surface area (Å²) in [6.07, 6.45) is 0.203. The number of carbonyl (C=O) groups is 2. The molecule has 5 rings (SSSR count). The van der Waals surface area contributed by atoms with E-state index >= 15 is 0 Å². The molecule has 1 atom stereocenters. The largest absolute Gasteiger partial charge is 0.486 e. The molecule has 0 unspecified atom stereocenters. The highest BCUT2D eigenvalue weighted by atomic mass is 32.2. The molecule has 1 aliphatic rings. The van der Waals surface area contributed by atoms with E-state index < -0.39 is 34.3 Å². The van der Waals surface area contributed by atoms with E-state index in [9.17, 15) is 22.4 Å². The predicted molar refractivity (Wildman–Crippen MR) is 177 cm³/mol. The molecular weight excluding hydrogens is 621 g/mol. The highest BCUT2D eigenvalue weighted by Crippen LogP contribution is 2.34. The van der Waals surface area contributed by atoms with Gasteiger partial charge < -0.3 is 19.7 Å². The van der Waals surface area contributed by atoms with Gasteiger partial charge in [0.05, 0.1) is 10.6 Å². The number of rotatable bonds is 13. The number of ether oxygens (including phenoxy) is 2. The van der Waals surface area contributed by atoms with Crippen LogP contribution in [0, 0.1) is 11.7 Å². The molecule has 4 aromatic rings. The minimum Gasteiger partial charge on any atom is -0.486 e. The first-order valence-electron chi connectivity index (χ1n) is 15.4. The topological polar surface area (TPSA) is 105 Å². The summed E-state index contributed by atoms with van der Waals surface area (Å²) in [6, 6.07) is 26.7. The Morgan fingerprint density at radius 3 is 2.09 bits per heavy atom. The molecule has 246 valence electrons. The van der Waals surface area contributed by atoms with Crippen LogP contribution in [-0.4, -0.2) is 57.5 Å². The van der Waals surface area contributed by atoms with E-state index in [2.05, 4.69) is 5.32 Å². The maximum atomic E-state index is 14.5. The smallest absolute Gasteiger partial charge is 0.264 e. The molecule has 0 spiro atoms. The quantitative estimate of drug-likeness (QED) is 0.212. The standard InChI is InChI=1S/C36H38FN3O6S/c1-26(2)23-38-36(42)32(21-27-9-5-3-6-10-27)39(24-28-11-7-4-8-12-28)35(41)25-40(30-15-13-29(37)14-16-30)47(43,44)31-17-18-33-34(22-31)46-20-19-45-33/h3-18,22,26,32H,19-21,23-25H2,1-2H3,(H,38,42)/t32-/m1/s1. The van der Waals surface area contributed by atoms with Crippen LogP contribution < -0.4 is 19.1 Å². The van der Waals surface area contributed by atoms with Gasteiger partial charge in [-0.1, -0.05) is 74.5 Å². The fraction of sp³-hybridized carbons (Fsp3) is 0.278. The zero-order valence-corrected chi connectivity index (χ0v) is 27.2. The zero-order valence-electron chi connectivity index (χ0n) is 26.3. The molecule has 1 aliphatic heterocycles. The van der Waals surface area contributed by atoms with Crippen LogP contribution in [0.5, 0.6) is 11.5 Å². The zero-order chi connectivity index (χ0) is 33.4. The van der Waals surface area contributed by atoms with E-state index in [4.69, 9.17) is 9.47 Å². The van der Waals surface area contributed by atoms with Gasteiger partial charge in [0.1, 0.15) is 31.6 Å². The number of hydrogen-bond donors (Lipinski definition) is 1. The number of halogens is 1. The van der Waals surface area contributed by atoms with Crippen LogP contribution in [0.2, 0.25) is 0 Å². The van der Waals surface area contributed by atoms with Crippen molar-refractivity contribution in [2.45, 2.75) is 37.8 Å². The second kappa shape index (κ2) is 15.1. The lowest BCUT2D eigenvalue weighted by Gasteiger charge is -2.34. The van der Waals surface area contributed by atoms with Crippen LogP contribution in [0.25, 0.3) is 0 Å². The summed E-state index contributed by atoms with van der Waals surface area (Å²) in [6.45, 7) is 4.34. The Hall–Kier alpha value is -4.90. The van der Waals surface area contributed by atoms with Crippen molar-refractivity contribution in [3.63, 3.8) is 0 Å². The van der Waals surface area contributed by atoms with Crippen LogP contribution >= 0.6 is 0 Å². The van der Waals surface area contributed by atoms with Gasteiger partial charge in [-0.3, -0.25) is 13.9 Å². The van der Waals surface area contributed by atoms with Crippen LogP contribution in [-0.2, 0) is 32.6 Å². The number of fused-ring (bicyclic) bond motifs is 1. The molecule has 9 nitrogen and oxygen atoms in total. The summed E-state index contributed by atoms with van der Waals surface area (Å²) in [7, 11) is -4.40. The number of nitrogens with one attached hydrogen (secondary N) is 1. The van der Waals surface area contributed by atoms with Crippen molar-refractivity contribution < 1.29 is 31.9 Å². The normalized spacial score (nSPS) is 13.1. The lowest BCUT2D eigenvalue weighted by Crippen LogP contribution is -2.53. The Kier molecular flexibility index (Phi) is 10.8. The van der Waals surface area contributed by atoms with Crippen molar-refractivity contribution in [3.05, 3.63) is 120 Å². The molecule has 1 heterocycles. The molecule has 0 aromatic heterocycles. The molecule has 11 heteroatoms. The molecule has 0 saturated heterocycles. The van der Waals surface area contributed by atoms with Crippen LogP contribution in [0.15, 0.2) is 108 Å². The van der Waals surface area contributed by atoms with Crippen LogP contribution in [0.3, 0.4) is 0 Å². The van der Waals surface area contributed by atoms with E-state index in [1.54, 1.807) is 0 Å². The molecular formula is C36H38FN3O6S. The summed E-state index contributed by atoms with van der Waals surface area (Å²) in [4.78, 5) is 29.6. The third-order valence-electron chi connectivity index (χ3n) is 7.65. The van der Waals surface area contributed by atoms with Gasteiger partial charge in [-0.15, -0.1) is 0 Å². The number of nitrogens with zero attached hydrogens (tertiary/aromatic N) is 2. The van der Waals surface area contributed by atoms with Crippen molar-refractivity contribution in [1.29, 1.82) is 0 Å². The summed E-state index contributed by atoms with van der Waals surface area (Å²) in [5.74, 6) is -0.690. The van der Waals surface area contributed by atoms with E-state index in [-0.39, 0.29) is 47.7 Å². The molecule has 0 bridgehead atoms. The number of amides is 2. The van der Waals surface area contributed by atoms with Crippen molar-refractivity contribution >= 4 is 27.5 Å². The Morgan fingerprint density at radius 2 is 1.45 bits per heavy atom. The fourth-order valence-corrected chi connectivity index (χ4v) is 6.63. The molecule has 0 radical (unpaired) electrons. The van der Waals surface area contributed by atoms with Crippen molar-refractivity contribution in [2.75, 3.05) is 30.6 Å². The van der Waals surface area contributed by atoms with Gasteiger partial charge in [0, 0.05) is 25.6 Å². The lowest BCUT2D eigenvalue weighted by atomic mass is 10.0. The average molecular weight is 660 g/mol. The monoisotopic (exact) mass is 659 g/mol. The SMILES string of the molecule is CC(C)CNC(=O)[C@@H](Cc1ccccc1)N(Cc1ccccc1)C(=O)CN(c1ccc(F)cc1)S(=O)(=O)c1ccc2c(c1)OCCO2. The number of anilines is 1. The van der Waals surface area contributed by atoms with Crippen LogP contribution in [0.1, 0.15) is 25.0 Å². The highest BCUT2D eigenvalue weighted by Gasteiger charge is 2.35.